The van der Waals surface area contributed by atoms with Gasteiger partial charge in [-0.2, -0.15) is 0 Å². The van der Waals surface area contributed by atoms with Gasteiger partial charge in [0, 0.05) is 6.54 Å². The van der Waals surface area contributed by atoms with Crippen molar-refractivity contribution in [2.45, 2.75) is 51.6 Å². The van der Waals surface area contributed by atoms with E-state index in [9.17, 15) is 14.3 Å². The highest BCUT2D eigenvalue weighted by molar-refractivity contribution is 5.79. The van der Waals surface area contributed by atoms with Crippen molar-refractivity contribution in [1.82, 2.24) is 4.90 Å². The van der Waals surface area contributed by atoms with Crippen LogP contribution in [-0.2, 0) is 11.3 Å². The normalized spacial score (nSPS) is 23.1. The van der Waals surface area contributed by atoms with Gasteiger partial charge in [0.05, 0.1) is 0 Å². The van der Waals surface area contributed by atoms with Crippen LogP contribution in [0, 0.1) is 12.7 Å². The smallest absolute Gasteiger partial charge is 0.324 e. The van der Waals surface area contributed by atoms with Crippen molar-refractivity contribution >= 4 is 5.97 Å². The summed E-state index contributed by atoms with van der Waals surface area (Å²) in [5.41, 5.74) is 1.15. The maximum atomic E-state index is 13.2. The van der Waals surface area contributed by atoms with Crippen LogP contribution in [0.2, 0.25) is 0 Å². The van der Waals surface area contributed by atoms with Crippen molar-refractivity contribution < 1.29 is 14.3 Å². The summed E-state index contributed by atoms with van der Waals surface area (Å²) in [5, 5.41) is 9.66. The number of benzene rings is 1. The summed E-state index contributed by atoms with van der Waals surface area (Å²) in [4.78, 5) is 13.8. The molecule has 1 unspecified atom stereocenters. The van der Waals surface area contributed by atoms with E-state index in [1.165, 1.54) is 12.1 Å². The number of carboxylic acid groups (broad SMARTS) is 1. The average molecular weight is 279 g/mol. The highest BCUT2D eigenvalue weighted by atomic mass is 19.1. The number of hydrogen-bond donors (Lipinski definition) is 1. The molecule has 0 saturated carbocycles. The van der Waals surface area contributed by atoms with Gasteiger partial charge in [-0.25, -0.2) is 4.39 Å². The summed E-state index contributed by atoms with van der Waals surface area (Å²) in [6, 6.07) is 4.72. The monoisotopic (exact) mass is 279 g/mol. The molecule has 1 heterocycles. The molecular weight excluding hydrogens is 257 g/mol. The Morgan fingerprint density at radius 3 is 2.85 bits per heavy atom. The summed E-state index contributed by atoms with van der Waals surface area (Å²) in [6.45, 7) is 5.27. The highest BCUT2D eigenvalue weighted by Crippen LogP contribution is 2.35. The van der Waals surface area contributed by atoms with E-state index in [4.69, 9.17) is 0 Å². The van der Waals surface area contributed by atoms with Crippen LogP contribution in [0.3, 0.4) is 0 Å². The first kappa shape index (κ1) is 15.0. The number of rotatable bonds is 5. The summed E-state index contributed by atoms with van der Waals surface area (Å²) in [5.74, 6) is -0.970. The van der Waals surface area contributed by atoms with Crippen LogP contribution in [0.15, 0.2) is 18.2 Å². The molecule has 0 aliphatic carbocycles. The van der Waals surface area contributed by atoms with Crippen molar-refractivity contribution in [1.29, 1.82) is 0 Å². The molecule has 2 rings (SSSR count). The fraction of sp³-hybridized carbons (Fsp3) is 0.562. The molecule has 1 saturated heterocycles. The third-order valence-electron chi connectivity index (χ3n) is 4.35. The van der Waals surface area contributed by atoms with E-state index >= 15 is 0 Å². The molecule has 0 aromatic heterocycles. The van der Waals surface area contributed by atoms with Gasteiger partial charge in [-0.1, -0.05) is 19.4 Å². The van der Waals surface area contributed by atoms with Gasteiger partial charge in [0.15, 0.2) is 0 Å². The van der Waals surface area contributed by atoms with Crippen LogP contribution in [0.1, 0.15) is 43.7 Å². The molecule has 3 nitrogen and oxygen atoms in total. The van der Waals surface area contributed by atoms with E-state index in [0.29, 0.717) is 19.4 Å². The minimum Gasteiger partial charge on any atom is -0.480 e. The summed E-state index contributed by atoms with van der Waals surface area (Å²) in [6.07, 6.45) is 3.14. The van der Waals surface area contributed by atoms with Crippen LogP contribution >= 0.6 is 0 Å². The molecule has 4 heteroatoms. The Morgan fingerprint density at radius 2 is 2.25 bits per heavy atom. The fourth-order valence-electron chi connectivity index (χ4n) is 3.25. The first-order valence-corrected chi connectivity index (χ1v) is 7.23. The molecule has 1 N–H and O–H groups in total. The van der Waals surface area contributed by atoms with Gasteiger partial charge < -0.3 is 5.11 Å². The summed E-state index contributed by atoms with van der Waals surface area (Å²) in [7, 11) is 0. The number of halogens is 1. The molecule has 110 valence electrons. The lowest BCUT2D eigenvalue weighted by molar-refractivity contribution is -0.150. The van der Waals surface area contributed by atoms with Crippen molar-refractivity contribution in [2.75, 3.05) is 6.54 Å². The Bertz CT molecular complexity index is 503. The Labute approximate surface area is 119 Å². The van der Waals surface area contributed by atoms with E-state index in [-0.39, 0.29) is 5.82 Å². The minimum atomic E-state index is -0.740. The molecule has 0 amide bonds. The molecule has 1 fully saturated rings. The Balaban J connectivity index is 2.24. The molecule has 20 heavy (non-hydrogen) atoms. The predicted molar refractivity (Wildman–Crippen MR) is 76.1 cm³/mol. The average Bonchev–Trinajstić information content (AvgIpc) is 2.77. The maximum absolute atomic E-state index is 13.2. The zero-order chi connectivity index (χ0) is 14.8. The molecule has 1 atom stereocenters. The number of aryl methyl sites for hydroxylation is 1. The van der Waals surface area contributed by atoms with Crippen LogP contribution < -0.4 is 0 Å². The van der Waals surface area contributed by atoms with Gasteiger partial charge in [0.2, 0.25) is 0 Å². The number of nitrogens with zero attached hydrogens (tertiary/aromatic N) is 1. The molecule has 0 spiro atoms. The molecule has 0 bridgehead atoms. The third-order valence-corrected chi connectivity index (χ3v) is 4.35. The number of carboxylic acids is 1. The first-order valence-electron chi connectivity index (χ1n) is 7.23. The Kier molecular flexibility index (Phi) is 4.43. The van der Waals surface area contributed by atoms with Gasteiger partial charge >= 0.3 is 5.97 Å². The van der Waals surface area contributed by atoms with Crippen molar-refractivity contribution in [3.8, 4) is 0 Å². The molecular formula is C16H22FNO2. The van der Waals surface area contributed by atoms with Crippen LogP contribution in [0.5, 0.6) is 0 Å². The quantitative estimate of drug-likeness (QED) is 0.898. The Morgan fingerprint density at radius 1 is 1.50 bits per heavy atom. The van der Waals surface area contributed by atoms with Gasteiger partial charge in [0.25, 0.3) is 0 Å². The lowest BCUT2D eigenvalue weighted by atomic mass is 9.90. The van der Waals surface area contributed by atoms with Crippen LogP contribution in [0.4, 0.5) is 4.39 Å². The third kappa shape index (κ3) is 2.70. The zero-order valence-electron chi connectivity index (χ0n) is 12.2. The lowest BCUT2D eigenvalue weighted by Gasteiger charge is -2.35. The van der Waals surface area contributed by atoms with Crippen LogP contribution in [-0.4, -0.2) is 28.1 Å². The number of likely N-dealkylation sites (tertiary alicyclic amines) is 1. The number of carbonyl (C=O) groups is 1. The maximum Gasteiger partial charge on any atom is 0.324 e. The second-order valence-electron chi connectivity index (χ2n) is 5.68. The van der Waals surface area contributed by atoms with Gasteiger partial charge in [-0.3, -0.25) is 9.69 Å². The SMILES string of the molecule is CCCC1(C(=O)O)CCCN1Cc1ccc(F)cc1C. The second-order valence-corrected chi connectivity index (χ2v) is 5.68. The van der Waals surface area contributed by atoms with Gasteiger partial charge in [-0.05, 0) is 56.0 Å². The predicted octanol–water partition coefficient (Wildman–Crippen LogP) is 3.35. The standard InChI is InChI=1S/C16H22FNO2/c1-3-7-16(15(19)20)8-4-9-18(16)11-13-5-6-14(17)10-12(13)2/h5-6,10H,3-4,7-9,11H2,1-2H3,(H,19,20). The molecule has 1 aliphatic rings. The van der Waals surface area contributed by atoms with E-state index in [2.05, 4.69) is 4.90 Å². The van der Waals surface area contributed by atoms with E-state index in [0.717, 1.165) is 30.5 Å². The second kappa shape index (κ2) is 5.92. The largest absolute Gasteiger partial charge is 0.480 e. The molecule has 1 aromatic carbocycles. The molecule has 0 radical (unpaired) electrons. The van der Waals surface area contributed by atoms with Crippen molar-refractivity contribution in [3.05, 3.63) is 35.1 Å². The summed E-state index contributed by atoms with van der Waals surface area (Å²) < 4.78 is 13.2. The fourth-order valence-corrected chi connectivity index (χ4v) is 3.25. The van der Waals surface area contributed by atoms with Gasteiger partial charge in [0.1, 0.15) is 11.4 Å². The van der Waals surface area contributed by atoms with E-state index in [1.807, 2.05) is 13.8 Å². The molecule has 1 aliphatic heterocycles. The number of hydrogen-bond acceptors (Lipinski definition) is 2. The van der Waals surface area contributed by atoms with Crippen LogP contribution in [0.25, 0.3) is 0 Å². The highest BCUT2D eigenvalue weighted by Gasteiger charge is 2.46. The molecule has 1 aromatic rings. The van der Waals surface area contributed by atoms with Crippen molar-refractivity contribution in [2.24, 2.45) is 0 Å². The summed E-state index contributed by atoms with van der Waals surface area (Å²) >= 11 is 0. The minimum absolute atomic E-state index is 0.245. The number of aliphatic carboxylic acids is 1. The lowest BCUT2D eigenvalue weighted by Crippen LogP contribution is -2.50. The van der Waals surface area contributed by atoms with E-state index < -0.39 is 11.5 Å². The topological polar surface area (TPSA) is 40.5 Å². The zero-order valence-corrected chi connectivity index (χ0v) is 12.2. The van der Waals surface area contributed by atoms with E-state index in [1.54, 1.807) is 6.07 Å². The van der Waals surface area contributed by atoms with Gasteiger partial charge in [-0.15, -0.1) is 0 Å². The first-order chi connectivity index (χ1) is 9.49. The Hall–Kier alpha value is -1.42. The van der Waals surface area contributed by atoms with Crippen molar-refractivity contribution in [3.63, 3.8) is 0 Å².